The van der Waals surface area contributed by atoms with Gasteiger partial charge in [0.25, 0.3) is 0 Å². The van der Waals surface area contributed by atoms with Crippen molar-refractivity contribution in [2.75, 3.05) is 6.54 Å². The SMILES string of the molecule is CCNC(=NCc1ccc(C)cc1OC1CCCC1)NCc1nnc2n1CCCC2.I. The smallest absolute Gasteiger partial charge is 0.191 e. The molecule has 0 spiro atoms. The van der Waals surface area contributed by atoms with Gasteiger partial charge >= 0.3 is 0 Å². The lowest BCUT2D eigenvalue weighted by molar-refractivity contribution is 0.208. The van der Waals surface area contributed by atoms with Crippen LogP contribution in [0.15, 0.2) is 23.2 Å². The van der Waals surface area contributed by atoms with Gasteiger partial charge < -0.3 is 19.9 Å². The van der Waals surface area contributed by atoms with Gasteiger partial charge in [-0.25, -0.2) is 4.99 Å². The van der Waals surface area contributed by atoms with Gasteiger partial charge in [0.2, 0.25) is 0 Å². The lowest BCUT2D eigenvalue weighted by atomic mass is 10.1. The van der Waals surface area contributed by atoms with Gasteiger partial charge in [-0.05, 0) is 64.0 Å². The van der Waals surface area contributed by atoms with Crippen molar-refractivity contribution in [3.63, 3.8) is 0 Å². The number of guanidine groups is 1. The molecule has 2 aromatic rings. The maximum absolute atomic E-state index is 6.33. The third kappa shape index (κ3) is 6.33. The third-order valence-electron chi connectivity index (χ3n) is 5.92. The van der Waals surface area contributed by atoms with Crippen LogP contribution in [0.5, 0.6) is 5.75 Å². The van der Waals surface area contributed by atoms with Gasteiger partial charge in [0.1, 0.15) is 11.6 Å². The molecule has 2 heterocycles. The maximum atomic E-state index is 6.33. The van der Waals surface area contributed by atoms with E-state index in [0.717, 1.165) is 61.3 Å². The van der Waals surface area contributed by atoms with Gasteiger partial charge in [-0.3, -0.25) is 0 Å². The predicted octanol–water partition coefficient (Wildman–Crippen LogP) is 4.12. The molecule has 1 aliphatic carbocycles. The van der Waals surface area contributed by atoms with Gasteiger partial charge in [-0.2, -0.15) is 0 Å². The molecule has 0 unspecified atom stereocenters. The van der Waals surface area contributed by atoms with E-state index in [1.54, 1.807) is 0 Å². The summed E-state index contributed by atoms with van der Waals surface area (Å²) in [5.74, 6) is 3.86. The first-order valence-corrected chi connectivity index (χ1v) is 11.4. The van der Waals surface area contributed by atoms with Crippen LogP contribution in [0.25, 0.3) is 0 Å². The van der Waals surface area contributed by atoms with Crippen LogP contribution in [0.4, 0.5) is 0 Å². The number of halogens is 1. The van der Waals surface area contributed by atoms with Crippen LogP contribution in [0.1, 0.15) is 68.2 Å². The highest BCUT2D eigenvalue weighted by molar-refractivity contribution is 14.0. The Balaban J connectivity index is 0.00000272. The molecule has 1 fully saturated rings. The zero-order valence-electron chi connectivity index (χ0n) is 18.7. The van der Waals surface area contributed by atoms with Crippen molar-refractivity contribution in [2.45, 2.75) is 84.5 Å². The number of aromatic nitrogens is 3. The second-order valence-corrected chi connectivity index (χ2v) is 8.33. The Labute approximate surface area is 202 Å². The zero-order valence-corrected chi connectivity index (χ0v) is 21.0. The van der Waals surface area contributed by atoms with E-state index in [0.29, 0.717) is 19.2 Å². The summed E-state index contributed by atoms with van der Waals surface area (Å²) in [7, 11) is 0. The summed E-state index contributed by atoms with van der Waals surface area (Å²) in [5.41, 5.74) is 2.35. The number of rotatable bonds is 7. The number of fused-ring (bicyclic) bond motifs is 1. The van der Waals surface area contributed by atoms with Gasteiger partial charge in [0.15, 0.2) is 11.8 Å². The number of ether oxygens (including phenoxy) is 1. The van der Waals surface area contributed by atoms with Crippen LogP contribution in [0.2, 0.25) is 0 Å². The van der Waals surface area contributed by atoms with Crippen molar-refractivity contribution < 1.29 is 4.74 Å². The zero-order chi connectivity index (χ0) is 20.8. The Bertz CT molecular complexity index is 875. The van der Waals surface area contributed by atoms with Crippen LogP contribution >= 0.6 is 24.0 Å². The van der Waals surface area contributed by atoms with E-state index in [4.69, 9.17) is 9.73 Å². The van der Waals surface area contributed by atoms with Crippen molar-refractivity contribution >= 4 is 29.9 Å². The van der Waals surface area contributed by atoms with E-state index < -0.39 is 0 Å². The summed E-state index contributed by atoms with van der Waals surface area (Å²) in [5, 5.41) is 15.5. The molecule has 0 radical (unpaired) electrons. The maximum Gasteiger partial charge on any atom is 0.191 e. The van der Waals surface area contributed by atoms with E-state index in [-0.39, 0.29) is 24.0 Å². The van der Waals surface area contributed by atoms with Crippen LogP contribution < -0.4 is 15.4 Å². The molecule has 8 heteroatoms. The van der Waals surface area contributed by atoms with Gasteiger partial charge in [0, 0.05) is 25.1 Å². The third-order valence-corrected chi connectivity index (χ3v) is 5.92. The molecular weight excluding hydrogens is 503 g/mol. The van der Waals surface area contributed by atoms with E-state index >= 15 is 0 Å². The molecule has 170 valence electrons. The minimum absolute atomic E-state index is 0. The largest absolute Gasteiger partial charge is 0.490 e. The minimum atomic E-state index is 0. The molecule has 2 N–H and O–H groups in total. The van der Waals surface area contributed by atoms with E-state index in [1.807, 2.05) is 0 Å². The average molecular weight is 538 g/mol. The molecular formula is C23H35IN6O. The highest BCUT2D eigenvalue weighted by Crippen LogP contribution is 2.28. The molecule has 7 nitrogen and oxygen atoms in total. The molecule has 0 saturated heterocycles. The van der Waals surface area contributed by atoms with Crippen molar-refractivity contribution in [2.24, 2.45) is 4.99 Å². The standard InChI is InChI=1S/C23H34N6O.HI/c1-3-24-23(26-16-22-28-27-21-10-6-7-13-29(21)22)25-15-18-12-11-17(2)14-20(18)30-19-8-4-5-9-19;/h11-12,14,19H,3-10,13,15-16H2,1-2H3,(H2,24,25,26);1H. The molecule has 0 amide bonds. The topological polar surface area (TPSA) is 76.4 Å². The van der Waals surface area contributed by atoms with E-state index in [1.165, 1.54) is 31.2 Å². The summed E-state index contributed by atoms with van der Waals surface area (Å²) in [6, 6.07) is 6.42. The molecule has 0 bridgehead atoms. The molecule has 0 atom stereocenters. The van der Waals surface area contributed by atoms with Crippen LogP contribution in [0, 0.1) is 6.92 Å². The van der Waals surface area contributed by atoms with Crippen molar-refractivity contribution in [1.29, 1.82) is 0 Å². The number of hydrogen-bond acceptors (Lipinski definition) is 4. The summed E-state index contributed by atoms with van der Waals surface area (Å²) in [6.45, 7) is 7.21. The van der Waals surface area contributed by atoms with Gasteiger partial charge in [-0.15, -0.1) is 34.2 Å². The fraction of sp³-hybridized carbons (Fsp3) is 0.609. The minimum Gasteiger partial charge on any atom is -0.490 e. The Kier molecular flexibility index (Phi) is 8.98. The first-order chi connectivity index (χ1) is 14.7. The first kappa shape index (κ1) is 23.8. The molecule has 1 aromatic carbocycles. The fourth-order valence-corrected chi connectivity index (χ4v) is 4.26. The Morgan fingerprint density at radius 1 is 1.16 bits per heavy atom. The number of aliphatic imine (C=N–C) groups is 1. The van der Waals surface area contributed by atoms with Crippen LogP contribution in [0.3, 0.4) is 0 Å². The Morgan fingerprint density at radius 3 is 2.81 bits per heavy atom. The summed E-state index contributed by atoms with van der Waals surface area (Å²) in [4.78, 5) is 4.82. The second kappa shape index (κ2) is 11.7. The highest BCUT2D eigenvalue weighted by Gasteiger charge is 2.18. The predicted molar refractivity (Wildman–Crippen MR) is 134 cm³/mol. The summed E-state index contributed by atoms with van der Waals surface area (Å²) in [6.07, 6.45) is 8.63. The van der Waals surface area contributed by atoms with E-state index in [2.05, 4.69) is 57.4 Å². The first-order valence-electron chi connectivity index (χ1n) is 11.4. The number of benzene rings is 1. The second-order valence-electron chi connectivity index (χ2n) is 8.33. The molecule has 2 aliphatic rings. The van der Waals surface area contributed by atoms with Gasteiger partial charge in [0.05, 0.1) is 19.2 Å². The molecule has 1 aliphatic heterocycles. The van der Waals surface area contributed by atoms with E-state index in [9.17, 15) is 0 Å². The van der Waals surface area contributed by atoms with Crippen LogP contribution in [-0.4, -0.2) is 33.4 Å². The number of aryl methyl sites for hydroxylation is 2. The average Bonchev–Trinajstić information content (AvgIpc) is 3.41. The quantitative estimate of drug-likeness (QED) is 0.315. The molecule has 4 rings (SSSR count). The highest BCUT2D eigenvalue weighted by atomic mass is 127. The molecule has 1 saturated carbocycles. The summed E-state index contributed by atoms with van der Waals surface area (Å²) >= 11 is 0. The molecule has 31 heavy (non-hydrogen) atoms. The monoisotopic (exact) mass is 538 g/mol. The lowest BCUT2D eigenvalue weighted by Gasteiger charge is -2.17. The van der Waals surface area contributed by atoms with Gasteiger partial charge in [-0.1, -0.05) is 12.1 Å². The summed E-state index contributed by atoms with van der Waals surface area (Å²) < 4.78 is 8.57. The molecule has 1 aromatic heterocycles. The van der Waals surface area contributed by atoms with Crippen LogP contribution in [-0.2, 0) is 26.1 Å². The van der Waals surface area contributed by atoms with Crippen molar-refractivity contribution in [1.82, 2.24) is 25.4 Å². The number of hydrogen-bond donors (Lipinski definition) is 2. The fourth-order valence-electron chi connectivity index (χ4n) is 4.26. The number of nitrogens with zero attached hydrogens (tertiary/aromatic N) is 4. The Morgan fingerprint density at radius 2 is 2.00 bits per heavy atom. The number of nitrogens with one attached hydrogen (secondary N) is 2. The Hall–Kier alpha value is -1.84. The van der Waals surface area contributed by atoms with Crippen molar-refractivity contribution in [3.8, 4) is 5.75 Å². The normalized spacial score (nSPS) is 16.5. The lowest BCUT2D eigenvalue weighted by Crippen LogP contribution is -2.37. The van der Waals surface area contributed by atoms with Crippen molar-refractivity contribution in [3.05, 3.63) is 41.0 Å².